The minimum absolute atomic E-state index is 0.0478. The summed E-state index contributed by atoms with van der Waals surface area (Å²) in [6.45, 7) is 4.34. The lowest BCUT2D eigenvalue weighted by atomic mass is 9.84. The zero-order valence-corrected chi connectivity index (χ0v) is 9.49. The molecule has 0 aliphatic carbocycles. The van der Waals surface area contributed by atoms with Gasteiger partial charge in [-0.25, -0.2) is 0 Å². The van der Waals surface area contributed by atoms with Gasteiger partial charge >= 0.3 is 0 Å². The van der Waals surface area contributed by atoms with E-state index in [0.29, 0.717) is 0 Å². The smallest absolute Gasteiger partial charge is 0.124 e. The lowest BCUT2D eigenvalue weighted by Gasteiger charge is -2.40. The van der Waals surface area contributed by atoms with Crippen LogP contribution in [0.3, 0.4) is 0 Å². The Morgan fingerprint density at radius 3 is 2.67 bits per heavy atom. The molecule has 0 bridgehead atoms. The minimum Gasteiger partial charge on any atom is -0.487 e. The summed E-state index contributed by atoms with van der Waals surface area (Å²) in [4.78, 5) is 0. The lowest BCUT2D eigenvalue weighted by Crippen LogP contribution is -2.41. The van der Waals surface area contributed by atoms with Crippen LogP contribution in [-0.4, -0.2) is 5.60 Å². The van der Waals surface area contributed by atoms with Crippen LogP contribution in [0.5, 0.6) is 5.75 Å². The Morgan fingerprint density at radius 1 is 1.33 bits per heavy atom. The number of hydrogen-bond donors (Lipinski definition) is 1. The van der Waals surface area contributed by atoms with E-state index >= 15 is 0 Å². The van der Waals surface area contributed by atoms with Crippen LogP contribution in [0.15, 0.2) is 24.3 Å². The minimum atomic E-state index is -0.0478. The van der Waals surface area contributed by atoms with Gasteiger partial charge in [-0.2, -0.15) is 0 Å². The molecule has 1 unspecified atom stereocenters. The van der Waals surface area contributed by atoms with E-state index < -0.39 is 0 Å². The summed E-state index contributed by atoms with van der Waals surface area (Å²) in [6, 6.07) is 8.23. The Kier molecular flexibility index (Phi) is 2.70. The molecule has 0 spiro atoms. The maximum absolute atomic E-state index is 6.19. The van der Waals surface area contributed by atoms with Gasteiger partial charge < -0.3 is 10.5 Å². The van der Waals surface area contributed by atoms with E-state index in [1.54, 1.807) is 0 Å². The Bertz CT molecular complexity index is 344. The van der Waals surface area contributed by atoms with Gasteiger partial charge in [-0.1, -0.05) is 32.0 Å². The highest BCUT2D eigenvalue weighted by Gasteiger charge is 2.36. The van der Waals surface area contributed by atoms with Crippen molar-refractivity contribution >= 4 is 0 Å². The second-order valence-corrected chi connectivity index (χ2v) is 4.34. The molecule has 1 heterocycles. The van der Waals surface area contributed by atoms with E-state index in [1.807, 2.05) is 18.2 Å². The molecule has 1 aromatic rings. The second-order valence-electron chi connectivity index (χ2n) is 4.34. The first-order valence-corrected chi connectivity index (χ1v) is 5.74. The fourth-order valence-corrected chi connectivity index (χ4v) is 2.35. The van der Waals surface area contributed by atoms with Crippen molar-refractivity contribution in [3.05, 3.63) is 29.8 Å². The third kappa shape index (κ3) is 1.74. The summed E-state index contributed by atoms with van der Waals surface area (Å²) in [6.07, 6.45) is 2.97. The Balaban J connectivity index is 2.37. The Labute approximate surface area is 91.4 Å². The molecule has 1 aliphatic rings. The van der Waals surface area contributed by atoms with Gasteiger partial charge in [0.2, 0.25) is 0 Å². The maximum atomic E-state index is 6.19. The van der Waals surface area contributed by atoms with Crippen molar-refractivity contribution in [3.63, 3.8) is 0 Å². The second kappa shape index (κ2) is 3.86. The van der Waals surface area contributed by atoms with Gasteiger partial charge in [0, 0.05) is 18.0 Å². The Hall–Kier alpha value is -1.02. The van der Waals surface area contributed by atoms with Gasteiger partial charge in [-0.3, -0.25) is 0 Å². The topological polar surface area (TPSA) is 35.2 Å². The first-order valence-electron chi connectivity index (χ1n) is 5.74. The normalized spacial score (nSPS) is 23.0. The molecule has 0 saturated heterocycles. The van der Waals surface area contributed by atoms with Crippen LogP contribution in [0, 0.1) is 0 Å². The highest BCUT2D eigenvalue weighted by molar-refractivity contribution is 5.38. The summed E-state index contributed by atoms with van der Waals surface area (Å²) in [5, 5.41) is 0. The molecule has 2 N–H and O–H groups in total. The number of hydrogen-bond acceptors (Lipinski definition) is 2. The number of benzene rings is 1. The standard InChI is InChI=1S/C13H19NO/c1-3-13(4-2)9-11(14)10-7-5-6-8-12(10)15-13/h5-8,11H,3-4,9,14H2,1-2H3. The van der Waals surface area contributed by atoms with Crippen molar-refractivity contribution < 1.29 is 4.74 Å². The van der Waals surface area contributed by atoms with E-state index in [-0.39, 0.29) is 11.6 Å². The van der Waals surface area contributed by atoms with Crippen LogP contribution in [-0.2, 0) is 0 Å². The third-order valence-corrected chi connectivity index (χ3v) is 3.53. The first-order chi connectivity index (χ1) is 7.21. The summed E-state index contributed by atoms with van der Waals surface area (Å²) < 4.78 is 6.11. The van der Waals surface area contributed by atoms with E-state index in [1.165, 1.54) is 0 Å². The predicted octanol–water partition coefficient (Wildman–Crippen LogP) is 3.03. The SMILES string of the molecule is CCC1(CC)CC(N)c2ccccc2O1. The van der Waals surface area contributed by atoms with Gasteiger partial charge in [0.15, 0.2) is 0 Å². The van der Waals surface area contributed by atoms with E-state index in [2.05, 4.69) is 19.9 Å². The molecule has 82 valence electrons. The molecule has 15 heavy (non-hydrogen) atoms. The summed E-state index contributed by atoms with van der Waals surface area (Å²) >= 11 is 0. The average Bonchev–Trinajstić information content (AvgIpc) is 2.29. The molecular weight excluding hydrogens is 186 g/mol. The van der Waals surface area contributed by atoms with Crippen molar-refractivity contribution in [3.8, 4) is 5.75 Å². The fourth-order valence-electron chi connectivity index (χ4n) is 2.35. The van der Waals surface area contributed by atoms with Gasteiger partial charge in [-0.05, 0) is 18.9 Å². The molecule has 1 aliphatic heterocycles. The molecule has 0 amide bonds. The molecule has 0 fully saturated rings. The van der Waals surface area contributed by atoms with Gasteiger partial charge in [0.1, 0.15) is 11.4 Å². The Morgan fingerprint density at radius 2 is 2.00 bits per heavy atom. The summed E-state index contributed by atoms with van der Waals surface area (Å²) in [7, 11) is 0. The largest absolute Gasteiger partial charge is 0.487 e. The van der Waals surface area contributed by atoms with Crippen LogP contribution >= 0.6 is 0 Å². The average molecular weight is 205 g/mol. The number of fused-ring (bicyclic) bond motifs is 1. The summed E-state index contributed by atoms with van der Waals surface area (Å²) in [5.41, 5.74) is 7.29. The number of ether oxygens (including phenoxy) is 1. The van der Waals surface area contributed by atoms with E-state index in [0.717, 1.165) is 30.6 Å². The summed E-state index contributed by atoms with van der Waals surface area (Å²) in [5.74, 6) is 0.972. The van der Waals surface area contributed by atoms with Crippen molar-refractivity contribution in [1.29, 1.82) is 0 Å². The van der Waals surface area contributed by atoms with Crippen LogP contribution in [0.25, 0.3) is 0 Å². The molecule has 0 radical (unpaired) electrons. The van der Waals surface area contributed by atoms with Crippen molar-refractivity contribution in [1.82, 2.24) is 0 Å². The molecule has 2 rings (SSSR count). The monoisotopic (exact) mass is 205 g/mol. The first kappa shape index (κ1) is 10.5. The van der Waals surface area contributed by atoms with Crippen LogP contribution in [0.4, 0.5) is 0 Å². The van der Waals surface area contributed by atoms with Crippen molar-refractivity contribution in [2.24, 2.45) is 5.73 Å². The number of nitrogens with two attached hydrogens (primary N) is 1. The molecule has 2 nitrogen and oxygen atoms in total. The highest BCUT2D eigenvalue weighted by Crippen LogP contribution is 2.41. The predicted molar refractivity (Wildman–Crippen MR) is 61.9 cm³/mol. The quantitative estimate of drug-likeness (QED) is 0.805. The van der Waals surface area contributed by atoms with Crippen molar-refractivity contribution in [2.75, 3.05) is 0 Å². The highest BCUT2D eigenvalue weighted by atomic mass is 16.5. The molecule has 0 aromatic heterocycles. The fraction of sp³-hybridized carbons (Fsp3) is 0.538. The zero-order valence-electron chi connectivity index (χ0n) is 9.49. The van der Waals surface area contributed by atoms with Gasteiger partial charge in [0.25, 0.3) is 0 Å². The van der Waals surface area contributed by atoms with Gasteiger partial charge in [-0.15, -0.1) is 0 Å². The molecule has 0 saturated carbocycles. The third-order valence-electron chi connectivity index (χ3n) is 3.53. The number of para-hydroxylation sites is 1. The van der Waals surface area contributed by atoms with Crippen LogP contribution in [0.1, 0.15) is 44.7 Å². The van der Waals surface area contributed by atoms with Crippen molar-refractivity contribution in [2.45, 2.75) is 44.8 Å². The van der Waals surface area contributed by atoms with Gasteiger partial charge in [0.05, 0.1) is 0 Å². The number of rotatable bonds is 2. The molecule has 2 heteroatoms. The van der Waals surface area contributed by atoms with Crippen LogP contribution in [0.2, 0.25) is 0 Å². The molecular formula is C13H19NO. The van der Waals surface area contributed by atoms with E-state index in [4.69, 9.17) is 10.5 Å². The zero-order chi connectivity index (χ0) is 10.9. The lowest BCUT2D eigenvalue weighted by molar-refractivity contribution is 0.0282. The van der Waals surface area contributed by atoms with Crippen LogP contribution < -0.4 is 10.5 Å². The molecule has 1 aromatic carbocycles. The van der Waals surface area contributed by atoms with E-state index in [9.17, 15) is 0 Å². The molecule has 1 atom stereocenters. The maximum Gasteiger partial charge on any atom is 0.124 e.